The van der Waals surface area contributed by atoms with Crippen LogP contribution in [-0.2, 0) is 10.0 Å². The Labute approximate surface area is 186 Å². The summed E-state index contributed by atoms with van der Waals surface area (Å²) in [5.41, 5.74) is 1.06. The van der Waals surface area contributed by atoms with Gasteiger partial charge < -0.3 is 14.2 Å². The maximum atomic E-state index is 13.2. The van der Waals surface area contributed by atoms with E-state index in [2.05, 4.69) is 0 Å². The molecule has 1 aliphatic heterocycles. The number of benzene rings is 2. The third-order valence-corrected chi connectivity index (χ3v) is 7.50. The predicted molar refractivity (Wildman–Crippen MR) is 118 cm³/mol. The zero-order valence-corrected chi connectivity index (χ0v) is 18.5. The van der Waals surface area contributed by atoms with Crippen molar-refractivity contribution in [2.24, 2.45) is 0 Å². The number of piperazine rings is 1. The number of nitrogens with zero attached hydrogens (tertiary/aromatic N) is 3. The highest BCUT2D eigenvalue weighted by Crippen LogP contribution is 2.31. The summed E-state index contributed by atoms with van der Waals surface area (Å²) < 4.78 is 34.3. The minimum absolute atomic E-state index is 0.223. The van der Waals surface area contributed by atoms with Gasteiger partial charge in [0.05, 0.1) is 28.3 Å². The van der Waals surface area contributed by atoms with E-state index < -0.39 is 10.0 Å². The van der Waals surface area contributed by atoms with Crippen LogP contribution in [0.1, 0.15) is 10.4 Å². The first-order chi connectivity index (χ1) is 14.9. The minimum Gasteiger partial charge on any atom is -0.496 e. The molecule has 0 saturated carbocycles. The van der Waals surface area contributed by atoms with Crippen LogP contribution in [0.5, 0.6) is 5.75 Å². The number of hydrogen-bond donors (Lipinski definition) is 0. The summed E-state index contributed by atoms with van der Waals surface area (Å²) in [6.07, 6.45) is 3.71. The molecule has 9 heteroatoms. The topological polar surface area (TPSA) is 71.8 Å². The maximum absolute atomic E-state index is 13.2. The fourth-order valence-electron chi connectivity index (χ4n) is 3.62. The van der Waals surface area contributed by atoms with Crippen molar-refractivity contribution >= 4 is 27.5 Å². The number of carbonyl (C=O) groups excluding carboxylic acids is 1. The highest BCUT2D eigenvalue weighted by molar-refractivity contribution is 7.89. The summed E-state index contributed by atoms with van der Waals surface area (Å²) in [5.74, 6) is 0.173. The Morgan fingerprint density at radius 2 is 1.61 bits per heavy atom. The molecule has 1 aromatic heterocycles. The van der Waals surface area contributed by atoms with Gasteiger partial charge in [-0.05, 0) is 30.3 Å². The quantitative estimate of drug-likeness (QED) is 0.587. The molecule has 1 saturated heterocycles. The Kier molecular flexibility index (Phi) is 6.04. The molecule has 1 aliphatic rings. The van der Waals surface area contributed by atoms with E-state index in [1.807, 2.05) is 29.1 Å². The molecular weight excluding hydrogens is 438 g/mol. The monoisotopic (exact) mass is 459 g/mol. The minimum atomic E-state index is -3.58. The molecule has 2 aromatic carbocycles. The lowest BCUT2D eigenvalue weighted by Crippen LogP contribution is -2.50. The average molecular weight is 460 g/mol. The molecule has 0 radical (unpaired) electrons. The number of ether oxygens (including phenoxy) is 1. The molecule has 1 fully saturated rings. The van der Waals surface area contributed by atoms with E-state index in [1.165, 1.54) is 11.4 Å². The van der Waals surface area contributed by atoms with Crippen LogP contribution in [0.25, 0.3) is 5.69 Å². The maximum Gasteiger partial charge on any atom is 0.257 e. The van der Waals surface area contributed by atoms with Crippen LogP contribution in [0.2, 0.25) is 5.02 Å². The first kappa shape index (κ1) is 21.4. The number of methoxy groups -OCH3 is 1. The van der Waals surface area contributed by atoms with Crippen molar-refractivity contribution in [2.75, 3.05) is 33.3 Å². The van der Waals surface area contributed by atoms with E-state index in [1.54, 1.807) is 47.4 Å². The van der Waals surface area contributed by atoms with E-state index in [-0.39, 0.29) is 37.0 Å². The first-order valence-corrected chi connectivity index (χ1v) is 11.6. The Morgan fingerprint density at radius 1 is 0.968 bits per heavy atom. The fourth-order valence-corrected chi connectivity index (χ4v) is 5.32. The van der Waals surface area contributed by atoms with Crippen molar-refractivity contribution < 1.29 is 17.9 Å². The molecule has 162 valence electrons. The molecule has 31 heavy (non-hydrogen) atoms. The van der Waals surface area contributed by atoms with Crippen LogP contribution in [0.15, 0.2) is 71.9 Å². The van der Waals surface area contributed by atoms with Gasteiger partial charge in [0.2, 0.25) is 10.0 Å². The lowest BCUT2D eigenvalue weighted by Gasteiger charge is -2.34. The van der Waals surface area contributed by atoms with Gasteiger partial charge in [0, 0.05) is 44.6 Å². The number of sulfonamides is 1. The molecule has 0 aliphatic carbocycles. The Balaban J connectivity index is 1.52. The van der Waals surface area contributed by atoms with Gasteiger partial charge in [0.1, 0.15) is 5.75 Å². The molecule has 4 rings (SSSR count). The van der Waals surface area contributed by atoms with Gasteiger partial charge in [-0.2, -0.15) is 4.31 Å². The molecule has 3 aromatic rings. The molecule has 1 amide bonds. The van der Waals surface area contributed by atoms with Gasteiger partial charge in [0.15, 0.2) is 0 Å². The van der Waals surface area contributed by atoms with Crippen LogP contribution in [0.4, 0.5) is 0 Å². The highest BCUT2D eigenvalue weighted by atomic mass is 35.5. The lowest BCUT2D eigenvalue weighted by molar-refractivity contribution is 0.0694. The second kappa shape index (κ2) is 8.74. The second-order valence-electron chi connectivity index (χ2n) is 7.10. The third-order valence-electron chi connectivity index (χ3n) is 5.29. The number of amides is 1. The molecule has 0 N–H and O–H groups in total. The summed E-state index contributed by atoms with van der Waals surface area (Å²) in [6.45, 7) is 1.01. The van der Waals surface area contributed by atoms with Crippen molar-refractivity contribution in [3.05, 3.63) is 77.6 Å². The summed E-state index contributed by atoms with van der Waals surface area (Å²) in [7, 11) is -2.08. The Bertz CT molecular complexity index is 1170. The second-order valence-corrected chi connectivity index (χ2v) is 9.45. The lowest BCUT2D eigenvalue weighted by atomic mass is 10.1. The van der Waals surface area contributed by atoms with Gasteiger partial charge >= 0.3 is 0 Å². The smallest absolute Gasteiger partial charge is 0.257 e. The average Bonchev–Trinajstić information content (AvgIpc) is 3.34. The zero-order valence-electron chi connectivity index (χ0n) is 16.9. The largest absolute Gasteiger partial charge is 0.496 e. The van der Waals surface area contributed by atoms with Gasteiger partial charge in [-0.1, -0.05) is 29.8 Å². The third kappa shape index (κ3) is 4.19. The van der Waals surface area contributed by atoms with Crippen LogP contribution >= 0.6 is 11.6 Å². The zero-order chi connectivity index (χ0) is 22.0. The van der Waals surface area contributed by atoms with Crippen LogP contribution in [0, 0.1) is 0 Å². The molecule has 0 atom stereocenters. The van der Waals surface area contributed by atoms with Crippen molar-refractivity contribution in [1.29, 1.82) is 0 Å². The molecule has 7 nitrogen and oxygen atoms in total. The van der Waals surface area contributed by atoms with Gasteiger partial charge in [-0.15, -0.1) is 0 Å². The van der Waals surface area contributed by atoms with Crippen molar-refractivity contribution in [2.45, 2.75) is 4.90 Å². The van der Waals surface area contributed by atoms with Crippen LogP contribution in [-0.4, -0.2) is 61.4 Å². The summed E-state index contributed by atoms with van der Waals surface area (Å²) in [5, 5.41) is 0.422. The van der Waals surface area contributed by atoms with E-state index >= 15 is 0 Å². The molecule has 0 unspecified atom stereocenters. The standard InChI is InChI=1S/C22H22ClN3O4S/c1-30-21-16-20(24-9-5-6-10-24)19(23)15-18(21)22(27)25-11-13-26(14-12-25)31(28,29)17-7-3-2-4-8-17/h2-10,15-16H,11-14H2,1H3. The predicted octanol–water partition coefficient (Wildman–Crippen LogP) is 3.29. The van der Waals surface area contributed by atoms with Gasteiger partial charge in [-0.3, -0.25) is 4.79 Å². The number of halogens is 1. The van der Waals surface area contributed by atoms with E-state index in [0.717, 1.165) is 0 Å². The SMILES string of the molecule is COc1cc(-n2cccc2)c(Cl)cc1C(=O)N1CCN(S(=O)(=O)c2ccccc2)CC1. The Morgan fingerprint density at radius 3 is 2.23 bits per heavy atom. The van der Waals surface area contributed by atoms with Crippen LogP contribution < -0.4 is 4.74 Å². The van der Waals surface area contributed by atoms with Gasteiger partial charge in [-0.25, -0.2) is 8.42 Å². The normalized spacial score (nSPS) is 15.1. The number of aromatic nitrogens is 1. The van der Waals surface area contributed by atoms with E-state index in [4.69, 9.17) is 16.3 Å². The number of carbonyl (C=O) groups is 1. The van der Waals surface area contributed by atoms with Gasteiger partial charge in [0.25, 0.3) is 5.91 Å². The summed E-state index contributed by atoms with van der Waals surface area (Å²) >= 11 is 6.45. The molecule has 2 heterocycles. The fraction of sp³-hybridized carbons (Fsp3) is 0.227. The highest BCUT2D eigenvalue weighted by Gasteiger charge is 2.31. The van der Waals surface area contributed by atoms with Crippen molar-refractivity contribution in [3.63, 3.8) is 0 Å². The van der Waals surface area contributed by atoms with Crippen molar-refractivity contribution in [1.82, 2.24) is 13.8 Å². The summed E-state index contributed by atoms with van der Waals surface area (Å²) in [4.78, 5) is 15.0. The van der Waals surface area contributed by atoms with E-state index in [9.17, 15) is 13.2 Å². The van der Waals surface area contributed by atoms with Crippen LogP contribution in [0.3, 0.4) is 0 Å². The Hall–Kier alpha value is -2.81. The number of rotatable bonds is 5. The van der Waals surface area contributed by atoms with E-state index in [0.29, 0.717) is 22.0 Å². The van der Waals surface area contributed by atoms with Crippen molar-refractivity contribution in [3.8, 4) is 11.4 Å². The number of hydrogen-bond acceptors (Lipinski definition) is 4. The molecular formula is C22H22ClN3O4S. The molecule has 0 spiro atoms. The summed E-state index contributed by atoms with van der Waals surface area (Å²) in [6, 6.07) is 15.4. The molecule has 0 bridgehead atoms. The first-order valence-electron chi connectivity index (χ1n) is 9.77.